The summed E-state index contributed by atoms with van der Waals surface area (Å²) >= 11 is 0. The molecule has 2 aromatic carbocycles. The third-order valence-corrected chi connectivity index (χ3v) is 5.76. The van der Waals surface area contributed by atoms with Crippen LogP contribution in [0.15, 0.2) is 36.4 Å². The van der Waals surface area contributed by atoms with Crippen LogP contribution in [0.25, 0.3) is 0 Å². The van der Waals surface area contributed by atoms with Gasteiger partial charge in [0.2, 0.25) is 13.6 Å². The first-order valence-corrected chi connectivity index (χ1v) is 9.57. The summed E-state index contributed by atoms with van der Waals surface area (Å²) in [7, 11) is 2.05. The van der Waals surface area contributed by atoms with E-state index in [-0.39, 0.29) is 38.3 Å². The molecular formula is C21H24N2O5. The van der Waals surface area contributed by atoms with Gasteiger partial charge in [0.1, 0.15) is 0 Å². The molecule has 3 heterocycles. The van der Waals surface area contributed by atoms with E-state index in [0.29, 0.717) is 0 Å². The zero-order chi connectivity index (χ0) is 19.1. The SMILES string of the molecule is CN1C[C@@H](NC(c2ccc3c(c2)OCO3)c2ccc3c(c2)OCO3)C[C@@H]1CO. The number of hydrogen-bond acceptors (Lipinski definition) is 7. The minimum Gasteiger partial charge on any atom is -0.454 e. The third-order valence-electron chi connectivity index (χ3n) is 5.76. The molecule has 0 amide bonds. The molecule has 7 heteroatoms. The van der Waals surface area contributed by atoms with E-state index in [9.17, 15) is 5.11 Å². The molecule has 5 rings (SSSR count). The zero-order valence-electron chi connectivity index (χ0n) is 15.8. The molecule has 0 bridgehead atoms. The Morgan fingerprint density at radius 3 is 2.07 bits per heavy atom. The average molecular weight is 384 g/mol. The molecule has 0 spiro atoms. The fraction of sp³-hybridized carbons (Fsp3) is 0.429. The highest BCUT2D eigenvalue weighted by Crippen LogP contribution is 2.39. The number of nitrogens with zero attached hydrogens (tertiary/aromatic N) is 1. The Hall–Kier alpha value is -2.48. The van der Waals surface area contributed by atoms with Crippen LogP contribution < -0.4 is 24.3 Å². The van der Waals surface area contributed by atoms with Crippen molar-refractivity contribution in [2.75, 3.05) is 33.8 Å². The van der Waals surface area contributed by atoms with Crippen molar-refractivity contribution in [3.05, 3.63) is 47.5 Å². The van der Waals surface area contributed by atoms with E-state index in [1.807, 2.05) is 24.3 Å². The molecule has 0 radical (unpaired) electrons. The van der Waals surface area contributed by atoms with Crippen LogP contribution >= 0.6 is 0 Å². The summed E-state index contributed by atoms with van der Waals surface area (Å²) in [6, 6.07) is 12.5. The first kappa shape index (κ1) is 17.6. The Morgan fingerprint density at radius 2 is 1.54 bits per heavy atom. The van der Waals surface area contributed by atoms with Crippen LogP contribution in [0.1, 0.15) is 23.6 Å². The molecule has 148 valence electrons. The molecule has 7 nitrogen and oxygen atoms in total. The molecule has 1 fully saturated rings. The number of benzene rings is 2. The van der Waals surface area contributed by atoms with Gasteiger partial charge in [-0.15, -0.1) is 0 Å². The number of likely N-dealkylation sites (N-methyl/N-ethyl adjacent to an activating group) is 1. The fourth-order valence-corrected chi connectivity index (χ4v) is 4.22. The number of nitrogens with one attached hydrogen (secondary N) is 1. The maximum absolute atomic E-state index is 9.60. The molecule has 3 aliphatic rings. The lowest BCUT2D eigenvalue weighted by Gasteiger charge is -2.24. The van der Waals surface area contributed by atoms with Crippen molar-refractivity contribution in [2.45, 2.75) is 24.5 Å². The summed E-state index contributed by atoms with van der Waals surface area (Å²) in [5.74, 6) is 3.08. The smallest absolute Gasteiger partial charge is 0.231 e. The minimum atomic E-state index is -0.0418. The van der Waals surface area contributed by atoms with E-state index in [4.69, 9.17) is 18.9 Å². The van der Waals surface area contributed by atoms with E-state index in [0.717, 1.165) is 47.1 Å². The van der Waals surface area contributed by atoms with Crippen molar-refractivity contribution in [3.63, 3.8) is 0 Å². The molecule has 1 saturated heterocycles. The lowest BCUT2D eigenvalue weighted by Crippen LogP contribution is -2.35. The molecule has 28 heavy (non-hydrogen) atoms. The van der Waals surface area contributed by atoms with Gasteiger partial charge in [-0.3, -0.25) is 4.90 Å². The number of ether oxygens (including phenoxy) is 4. The van der Waals surface area contributed by atoms with Gasteiger partial charge in [-0.2, -0.15) is 0 Å². The number of aliphatic hydroxyl groups is 1. The minimum absolute atomic E-state index is 0.0418. The van der Waals surface area contributed by atoms with Gasteiger partial charge in [-0.25, -0.2) is 0 Å². The summed E-state index contributed by atoms with van der Waals surface area (Å²) in [6.45, 7) is 1.57. The van der Waals surface area contributed by atoms with Crippen LogP contribution in [-0.4, -0.2) is 55.9 Å². The maximum Gasteiger partial charge on any atom is 0.231 e. The first-order chi connectivity index (χ1) is 13.7. The highest BCUT2D eigenvalue weighted by atomic mass is 16.7. The standard InChI is InChI=1S/C21H24N2O5/c1-23-9-15(8-16(23)10-24)22-21(13-2-4-17-19(6-13)27-11-25-17)14-3-5-18-20(7-14)28-12-26-18/h2-7,15-16,21-22,24H,8-12H2,1H3/t15-,16+/m0/s1. The monoisotopic (exact) mass is 384 g/mol. The Morgan fingerprint density at radius 1 is 0.964 bits per heavy atom. The van der Waals surface area contributed by atoms with Crippen LogP contribution in [0.3, 0.4) is 0 Å². The molecule has 0 saturated carbocycles. The maximum atomic E-state index is 9.60. The van der Waals surface area contributed by atoms with Crippen LogP contribution in [0, 0.1) is 0 Å². The molecule has 2 N–H and O–H groups in total. The van der Waals surface area contributed by atoms with Gasteiger partial charge < -0.3 is 29.4 Å². The van der Waals surface area contributed by atoms with E-state index in [2.05, 4.69) is 29.4 Å². The lowest BCUT2D eigenvalue weighted by atomic mass is 9.96. The molecular weight excluding hydrogens is 360 g/mol. The normalized spacial score (nSPS) is 23.0. The van der Waals surface area contributed by atoms with Crippen LogP contribution in [0.4, 0.5) is 0 Å². The van der Waals surface area contributed by atoms with E-state index < -0.39 is 0 Å². The van der Waals surface area contributed by atoms with Gasteiger partial charge in [0.05, 0.1) is 12.6 Å². The molecule has 0 aromatic heterocycles. The topological polar surface area (TPSA) is 72.4 Å². The Bertz CT molecular complexity index is 816. The summed E-state index contributed by atoms with van der Waals surface area (Å²) in [5, 5.41) is 13.4. The van der Waals surface area contributed by atoms with Crippen molar-refractivity contribution < 1.29 is 24.1 Å². The predicted molar refractivity (Wildman–Crippen MR) is 102 cm³/mol. The number of hydrogen-bond donors (Lipinski definition) is 2. The summed E-state index contributed by atoms with van der Waals surface area (Å²) in [6.07, 6.45) is 0.901. The quantitative estimate of drug-likeness (QED) is 0.816. The molecule has 2 atom stereocenters. The van der Waals surface area contributed by atoms with Crippen molar-refractivity contribution >= 4 is 0 Å². The van der Waals surface area contributed by atoms with Crippen molar-refractivity contribution in [1.82, 2.24) is 10.2 Å². The summed E-state index contributed by atoms with van der Waals surface area (Å²) in [5.41, 5.74) is 2.19. The Balaban J connectivity index is 1.47. The number of aliphatic hydroxyl groups excluding tert-OH is 1. The van der Waals surface area contributed by atoms with E-state index in [1.54, 1.807) is 0 Å². The van der Waals surface area contributed by atoms with Crippen LogP contribution in [0.5, 0.6) is 23.0 Å². The zero-order valence-corrected chi connectivity index (χ0v) is 15.8. The lowest BCUT2D eigenvalue weighted by molar-refractivity contribution is 0.173. The average Bonchev–Trinajstić information content (AvgIpc) is 3.44. The van der Waals surface area contributed by atoms with Gasteiger partial charge >= 0.3 is 0 Å². The van der Waals surface area contributed by atoms with Crippen LogP contribution in [0.2, 0.25) is 0 Å². The number of fused-ring (bicyclic) bond motifs is 2. The summed E-state index contributed by atoms with van der Waals surface area (Å²) in [4.78, 5) is 2.20. The largest absolute Gasteiger partial charge is 0.454 e. The van der Waals surface area contributed by atoms with Gasteiger partial charge in [0, 0.05) is 18.6 Å². The molecule has 0 aliphatic carbocycles. The van der Waals surface area contributed by atoms with Gasteiger partial charge in [0.15, 0.2) is 23.0 Å². The first-order valence-electron chi connectivity index (χ1n) is 9.57. The summed E-state index contributed by atoms with van der Waals surface area (Å²) < 4.78 is 22.1. The second-order valence-corrected chi connectivity index (χ2v) is 7.53. The van der Waals surface area contributed by atoms with E-state index in [1.165, 1.54) is 0 Å². The molecule has 2 aromatic rings. The highest BCUT2D eigenvalue weighted by molar-refractivity contribution is 5.50. The number of likely N-dealkylation sites (tertiary alicyclic amines) is 1. The number of rotatable bonds is 5. The third kappa shape index (κ3) is 3.15. The van der Waals surface area contributed by atoms with E-state index >= 15 is 0 Å². The molecule has 3 aliphatic heterocycles. The van der Waals surface area contributed by atoms with Crippen molar-refractivity contribution in [3.8, 4) is 23.0 Å². The van der Waals surface area contributed by atoms with Gasteiger partial charge in [0.25, 0.3) is 0 Å². The second-order valence-electron chi connectivity index (χ2n) is 7.53. The highest BCUT2D eigenvalue weighted by Gasteiger charge is 2.32. The molecule has 0 unspecified atom stereocenters. The van der Waals surface area contributed by atoms with Crippen molar-refractivity contribution in [2.24, 2.45) is 0 Å². The second kappa shape index (κ2) is 7.16. The van der Waals surface area contributed by atoms with Gasteiger partial charge in [-0.1, -0.05) is 12.1 Å². The fourth-order valence-electron chi connectivity index (χ4n) is 4.22. The van der Waals surface area contributed by atoms with Crippen LogP contribution in [-0.2, 0) is 0 Å². The Labute approximate surface area is 163 Å². The van der Waals surface area contributed by atoms with Crippen molar-refractivity contribution in [1.29, 1.82) is 0 Å². The predicted octanol–water partition coefficient (Wildman–Crippen LogP) is 1.89. The Kier molecular flexibility index (Phi) is 4.50. The van der Waals surface area contributed by atoms with Gasteiger partial charge in [-0.05, 0) is 48.9 Å².